The van der Waals surface area contributed by atoms with Crippen molar-refractivity contribution in [3.05, 3.63) is 23.2 Å². The number of β-amino-alcohol motifs (C(OH)–C–C–N with tert-alkyl or cyclic N) is 1. The number of amides is 2. The van der Waals surface area contributed by atoms with E-state index >= 15 is 0 Å². The number of halogens is 1. The number of ether oxygens (including phenoxy) is 2. The lowest BCUT2D eigenvalue weighted by molar-refractivity contribution is 0.0575. The van der Waals surface area contributed by atoms with Gasteiger partial charge in [-0.05, 0) is 26.0 Å². The van der Waals surface area contributed by atoms with E-state index in [1.807, 2.05) is 13.8 Å². The van der Waals surface area contributed by atoms with Crippen LogP contribution in [0, 0.1) is 0 Å². The first-order valence-corrected chi connectivity index (χ1v) is 7.62. The molecule has 7 heteroatoms. The lowest BCUT2D eigenvalue weighted by Crippen LogP contribution is -2.40. The molecule has 1 heterocycles. The van der Waals surface area contributed by atoms with E-state index in [1.54, 1.807) is 18.2 Å². The van der Waals surface area contributed by atoms with Crippen molar-refractivity contribution in [2.24, 2.45) is 0 Å². The maximum Gasteiger partial charge on any atom is 0.322 e. The number of anilines is 1. The van der Waals surface area contributed by atoms with Crippen LogP contribution in [0.3, 0.4) is 0 Å². The number of para-hydroxylation sites is 1. The van der Waals surface area contributed by atoms with Gasteiger partial charge in [0.05, 0.1) is 42.7 Å². The number of aliphatic hydroxyl groups excluding tert-OH is 1. The number of hydrogen-bond acceptors (Lipinski definition) is 4. The minimum atomic E-state index is -0.681. The summed E-state index contributed by atoms with van der Waals surface area (Å²) < 4.78 is 10.9. The molecule has 1 aliphatic heterocycles. The second-order valence-electron chi connectivity index (χ2n) is 5.39. The topological polar surface area (TPSA) is 71.0 Å². The SMILES string of the molecule is CC(C)Oc1c(Cl)cccc1NC(=O)N1CCOC[C@H](O)C1. The Morgan fingerprint density at radius 2 is 2.32 bits per heavy atom. The summed E-state index contributed by atoms with van der Waals surface area (Å²) in [4.78, 5) is 13.9. The van der Waals surface area contributed by atoms with Crippen LogP contribution in [-0.2, 0) is 4.74 Å². The first kappa shape index (κ1) is 16.9. The van der Waals surface area contributed by atoms with E-state index in [9.17, 15) is 9.90 Å². The van der Waals surface area contributed by atoms with Crippen molar-refractivity contribution in [1.82, 2.24) is 4.90 Å². The number of urea groups is 1. The van der Waals surface area contributed by atoms with Gasteiger partial charge in [0.2, 0.25) is 0 Å². The first-order chi connectivity index (χ1) is 10.5. The maximum atomic E-state index is 12.4. The van der Waals surface area contributed by atoms with Crippen LogP contribution >= 0.6 is 11.6 Å². The summed E-state index contributed by atoms with van der Waals surface area (Å²) in [6.45, 7) is 5.06. The molecule has 122 valence electrons. The fraction of sp³-hybridized carbons (Fsp3) is 0.533. The van der Waals surface area contributed by atoms with Gasteiger partial charge in [0, 0.05) is 6.54 Å². The Kier molecular flexibility index (Phi) is 5.88. The Labute approximate surface area is 135 Å². The van der Waals surface area contributed by atoms with E-state index in [0.717, 1.165) is 0 Å². The van der Waals surface area contributed by atoms with Gasteiger partial charge in [0.1, 0.15) is 0 Å². The molecule has 0 aromatic heterocycles. The average Bonchev–Trinajstić information content (AvgIpc) is 2.67. The Morgan fingerprint density at radius 1 is 1.55 bits per heavy atom. The molecule has 2 rings (SSSR count). The molecule has 2 N–H and O–H groups in total. The summed E-state index contributed by atoms with van der Waals surface area (Å²) in [5.41, 5.74) is 0.505. The lowest BCUT2D eigenvalue weighted by atomic mass is 10.3. The number of nitrogens with one attached hydrogen (secondary N) is 1. The van der Waals surface area contributed by atoms with Gasteiger partial charge in [-0.15, -0.1) is 0 Å². The molecular formula is C15H21ClN2O4. The smallest absolute Gasteiger partial charge is 0.322 e. The quantitative estimate of drug-likeness (QED) is 0.893. The lowest BCUT2D eigenvalue weighted by Gasteiger charge is -2.23. The molecule has 1 aromatic carbocycles. The second kappa shape index (κ2) is 7.67. The molecule has 0 aliphatic carbocycles. The van der Waals surface area contributed by atoms with Gasteiger partial charge in [-0.1, -0.05) is 17.7 Å². The van der Waals surface area contributed by atoms with Crippen LogP contribution in [0.25, 0.3) is 0 Å². The molecule has 1 saturated heterocycles. The highest BCUT2D eigenvalue weighted by atomic mass is 35.5. The highest BCUT2D eigenvalue weighted by molar-refractivity contribution is 6.32. The van der Waals surface area contributed by atoms with Crippen molar-refractivity contribution in [1.29, 1.82) is 0 Å². The third kappa shape index (κ3) is 4.50. The van der Waals surface area contributed by atoms with E-state index < -0.39 is 6.10 Å². The van der Waals surface area contributed by atoms with Gasteiger partial charge in [-0.25, -0.2) is 4.79 Å². The van der Waals surface area contributed by atoms with Crippen LogP contribution < -0.4 is 10.1 Å². The zero-order valence-corrected chi connectivity index (χ0v) is 13.5. The van der Waals surface area contributed by atoms with Crippen molar-refractivity contribution in [2.75, 3.05) is 31.6 Å². The molecule has 0 bridgehead atoms. The van der Waals surface area contributed by atoms with Crippen molar-refractivity contribution in [2.45, 2.75) is 26.1 Å². The zero-order valence-electron chi connectivity index (χ0n) is 12.7. The fourth-order valence-corrected chi connectivity index (χ4v) is 2.35. The van der Waals surface area contributed by atoms with E-state index in [4.69, 9.17) is 21.1 Å². The molecule has 22 heavy (non-hydrogen) atoms. The number of rotatable bonds is 3. The minimum absolute atomic E-state index is 0.0658. The largest absolute Gasteiger partial charge is 0.487 e. The van der Waals surface area contributed by atoms with Gasteiger partial charge < -0.3 is 24.8 Å². The Hall–Kier alpha value is -1.50. The fourth-order valence-electron chi connectivity index (χ4n) is 2.13. The summed E-state index contributed by atoms with van der Waals surface area (Å²) >= 11 is 6.14. The van der Waals surface area contributed by atoms with Crippen molar-refractivity contribution in [3.63, 3.8) is 0 Å². The van der Waals surface area contributed by atoms with Gasteiger partial charge in [0.15, 0.2) is 5.75 Å². The van der Waals surface area contributed by atoms with Gasteiger partial charge in [-0.3, -0.25) is 0 Å². The standard InChI is InChI=1S/C15H21ClN2O4/c1-10(2)22-14-12(16)4-3-5-13(14)17-15(20)18-6-7-21-9-11(19)8-18/h3-5,10-11,19H,6-9H2,1-2H3,(H,17,20)/t11-/m1/s1. The molecule has 1 fully saturated rings. The molecule has 6 nitrogen and oxygen atoms in total. The summed E-state index contributed by atoms with van der Waals surface area (Å²) in [6, 6.07) is 4.86. The molecular weight excluding hydrogens is 308 g/mol. The molecule has 0 saturated carbocycles. The highest BCUT2D eigenvalue weighted by Crippen LogP contribution is 2.33. The molecule has 0 radical (unpaired) electrons. The van der Waals surface area contributed by atoms with Crippen LogP contribution in [0.1, 0.15) is 13.8 Å². The summed E-state index contributed by atoms with van der Waals surface area (Å²) in [5, 5.41) is 12.9. The molecule has 1 atom stereocenters. The highest BCUT2D eigenvalue weighted by Gasteiger charge is 2.22. The number of carbonyl (C=O) groups is 1. The number of nitrogens with zero attached hydrogens (tertiary/aromatic N) is 1. The summed E-state index contributed by atoms with van der Waals surface area (Å²) in [7, 11) is 0. The van der Waals surface area contributed by atoms with E-state index in [2.05, 4.69) is 5.32 Å². The van der Waals surface area contributed by atoms with Crippen molar-refractivity contribution in [3.8, 4) is 5.75 Å². The predicted molar refractivity (Wildman–Crippen MR) is 84.6 cm³/mol. The molecule has 0 spiro atoms. The summed E-state index contributed by atoms with van der Waals surface area (Å²) in [5.74, 6) is 0.444. The molecule has 2 amide bonds. The Bertz CT molecular complexity index is 524. The van der Waals surface area contributed by atoms with Gasteiger partial charge in [-0.2, -0.15) is 0 Å². The molecule has 0 unspecified atom stereocenters. The average molecular weight is 329 g/mol. The Morgan fingerprint density at radius 3 is 3.05 bits per heavy atom. The van der Waals surface area contributed by atoms with Crippen LogP contribution in [0.5, 0.6) is 5.75 Å². The number of hydrogen-bond donors (Lipinski definition) is 2. The van der Waals surface area contributed by atoms with Gasteiger partial charge in [0.25, 0.3) is 0 Å². The second-order valence-corrected chi connectivity index (χ2v) is 5.80. The monoisotopic (exact) mass is 328 g/mol. The number of benzene rings is 1. The number of carbonyl (C=O) groups excluding carboxylic acids is 1. The van der Waals surface area contributed by atoms with Crippen LogP contribution in [0.2, 0.25) is 5.02 Å². The van der Waals surface area contributed by atoms with Crippen LogP contribution in [0.4, 0.5) is 10.5 Å². The van der Waals surface area contributed by atoms with E-state index in [-0.39, 0.29) is 25.3 Å². The number of aliphatic hydroxyl groups is 1. The van der Waals surface area contributed by atoms with Gasteiger partial charge >= 0.3 is 6.03 Å². The first-order valence-electron chi connectivity index (χ1n) is 7.24. The summed E-state index contributed by atoms with van der Waals surface area (Å²) in [6.07, 6.45) is -0.747. The predicted octanol–water partition coefficient (Wildman–Crippen LogP) is 2.35. The van der Waals surface area contributed by atoms with Crippen molar-refractivity contribution >= 4 is 23.3 Å². The van der Waals surface area contributed by atoms with Crippen molar-refractivity contribution < 1.29 is 19.4 Å². The third-order valence-electron chi connectivity index (χ3n) is 3.10. The maximum absolute atomic E-state index is 12.4. The van der Waals surface area contributed by atoms with E-state index in [0.29, 0.717) is 29.6 Å². The van der Waals surface area contributed by atoms with Crippen LogP contribution in [0.15, 0.2) is 18.2 Å². The van der Waals surface area contributed by atoms with E-state index in [1.165, 1.54) is 4.90 Å². The molecule has 1 aromatic rings. The third-order valence-corrected chi connectivity index (χ3v) is 3.39. The zero-order chi connectivity index (χ0) is 16.1. The normalized spacial score (nSPS) is 19.0. The van der Waals surface area contributed by atoms with Crippen LogP contribution in [-0.4, -0.2) is 54.5 Å². The molecule has 1 aliphatic rings. The Balaban J connectivity index is 2.12. The minimum Gasteiger partial charge on any atom is -0.487 e.